The summed E-state index contributed by atoms with van der Waals surface area (Å²) in [6, 6.07) is 10.4. The van der Waals surface area contributed by atoms with Crippen LogP contribution >= 0.6 is 11.6 Å². The van der Waals surface area contributed by atoms with E-state index in [2.05, 4.69) is 15.3 Å². The zero-order valence-corrected chi connectivity index (χ0v) is 18.0. The Morgan fingerprint density at radius 2 is 2.06 bits per heavy atom. The number of nitrogens with zero attached hydrogens (tertiary/aromatic N) is 3. The Labute approximate surface area is 185 Å². The molecular formula is C23H25ClN4O3. The van der Waals surface area contributed by atoms with Crippen LogP contribution in [0.1, 0.15) is 30.0 Å². The van der Waals surface area contributed by atoms with Gasteiger partial charge in [0.2, 0.25) is 5.95 Å². The monoisotopic (exact) mass is 440 g/mol. The molecule has 31 heavy (non-hydrogen) atoms. The molecule has 0 bridgehead atoms. The summed E-state index contributed by atoms with van der Waals surface area (Å²) < 4.78 is 6.87. The number of aromatic nitrogens is 3. The molecule has 162 valence electrons. The van der Waals surface area contributed by atoms with Gasteiger partial charge in [-0.3, -0.25) is 4.79 Å². The molecule has 2 aromatic heterocycles. The van der Waals surface area contributed by atoms with Gasteiger partial charge in [-0.15, -0.1) is 0 Å². The molecule has 0 amide bonds. The molecule has 1 aliphatic rings. The van der Waals surface area contributed by atoms with Gasteiger partial charge in [-0.1, -0.05) is 23.7 Å². The summed E-state index contributed by atoms with van der Waals surface area (Å²) in [5, 5.41) is 13.8. The summed E-state index contributed by atoms with van der Waals surface area (Å²) in [5.74, 6) is 0.535. The minimum absolute atomic E-state index is 0.241. The molecule has 1 fully saturated rings. The first-order valence-electron chi connectivity index (χ1n) is 10.3. The van der Waals surface area contributed by atoms with Gasteiger partial charge in [0.25, 0.3) is 5.56 Å². The minimum Gasteiger partial charge on any atom is -0.394 e. The van der Waals surface area contributed by atoms with Crippen LogP contribution in [0.5, 0.6) is 0 Å². The van der Waals surface area contributed by atoms with Crippen molar-refractivity contribution in [3.63, 3.8) is 0 Å². The highest BCUT2D eigenvalue weighted by atomic mass is 35.5. The van der Waals surface area contributed by atoms with Gasteiger partial charge in [0.1, 0.15) is 0 Å². The second kappa shape index (κ2) is 9.60. The molecule has 2 N–H and O–H groups in total. The van der Waals surface area contributed by atoms with Gasteiger partial charge < -0.3 is 19.7 Å². The van der Waals surface area contributed by atoms with Gasteiger partial charge in [0.05, 0.1) is 18.3 Å². The van der Waals surface area contributed by atoms with E-state index in [4.69, 9.17) is 16.3 Å². The van der Waals surface area contributed by atoms with Crippen molar-refractivity contribution in [2.75, 3.05) is 25.1 Å². The lowest BCUT2D eigenvalue weighted by Gasteiger charge is -2.23. The molecular weight excluding hydrogens is 416 g/mol. The quantitative estimate of drug-likeness (QED) is 0.610. The maximum absolute atomic E-state index is 12.9. The van der Waals surface area contributed by atoms with Crippen LogP contribution in [0.3, 0.4) is 0 Å². The maximum atomic E-state index is 12.9. The lowest BCUT2D eigenvalue weighted by Crippen LogP contribution is -2.28. The number of ether oxygens (including phenoxy) is 1. The second-order valence-corrected chi connectivity index (χ2v) is 8.09. The highest BCUT2D eigenvalue weighted by molar-refractivity contribution is 6.31. The number of anilines is 1. The number of nitrogens with one attached hydrogen (secondary N) is 1. The third kappa shape index (κ3) is 4.95. The van der Waals surface area contributed by atoms with E-state index >= 15 is 0 Å². The molecule has 1 saturated heterocycles. The topological polar surface area (TPSA) is 89.3 Å². The van der Waals surface area contributed by atoms with Gasteiger partial charge in [-0.2, -0.15) is 0 Å². The molecule has 0 aliphatic carbocycles. The van der Waals surface area contributed by atoms with Gasteiger partial charge in [-0.05, 0) is 49.1 Å². The van der Waals surface area contributed by atoms with Crippen molar-refractivity contribution >= 4 is 17.5 Å². The number of benzene rings is 1. The van der Waals surface area contributed by atoms with Crippen molar-refractivity contribution in [2.45, 2.75) is 31.8 Å². The van der Waals surface area contributed by atoms with Crippen molar-refractivity contribution in [3.05, 3.63) is 75.3 Å². The van der Waals surface area contributed by atoms with Crippen LogP contribution in [0.25, 0.3) is 11.3 Å². The smallest absolute Gasteiger partial charge is 0.251 e. The Morgan fingerprint density at radius 1 is 1.26 bits per heavy atom. The van der Waals surface area contributed by atoms with E-state index in [0.717, 1.165) is 31.6 Å². The fraction of sp³-hybridized carbons (Fsp3) is 0.348. The SMILES string of the molecule is Cc1ccc([C@@H](CO)n2ccc(-c3ccnc(NC4CCOCC4)n3)cc2=O)c(Cl)c1. The lowest BCUT2D eigenvalue weighted by molar-refractivity contribution is 0.0903. The highest BCUT2D eigenvalue weighted by Gasteiger charge is 2.18. The number of rotatable bonds is 6. The lowest BCUT2D eigenvalue weighted by atomic mass is 10.0. The molecule has 3 aromatic rings. The molecule has 0 saturated carbocycles. The number of hydrogen-bond donors (Lipinski definition) is 2. The summed E-state index contributed by atoms with van der Waals surface area (Å²) in [5.41, 5.74) is 2.82. The van der Waals surface area contributed by atoms with Crippen LogP contribution in [0.15, 0.2) is 53.6 Å². The summed E-state index contributed by atoms with van der Waals surface area (Å²) >= 11 is 6.37. The summed E-state index contributed by atoms with van der Waals surface area (Å²) in [7, 11) is 0. The maximum Gasteiger partial charge on any atom is 0.251 e. The zero-order valence-electron chi connectivity index (χ0n) is 17.3. The van der Waals surface area contributed by atoms with Crippen LogP contribution in [0.2, 0.25) is 5.02 Å². The van der Waals surface area contributed by atoms with E-state index in [0.29, 0.717) is 27.8 Å². The fourth-order valence-electron chi connectivity index (χ4n) is 3.76. The second-order valence-electron chi connectivity index (χ2n) is 7.68. The van der Waals surface area contributed by atoms with E-state index in [1.807, 2.05) is 31.2 Å². The van der Waals surface area contributed by atoms with E-state index < -0.39 is 6.04 Å². The van der Waals surface area contributed by atoms with E-state index in [1.165, 1.54) is 10.6 Å². The number of aryl methyl sites for hydroxylation is 1. The first-order valence-corrected chi connectivity index (χ1v) is 10.7. The number of aliphatic hydroxyl groups excluding tert-OH is 1. The molecule has 1 atom stereocenters. The summed E-state index contributed by atoms with van der Waals surface area (Å²) in [6.45, 7) is 3.16. The molecule has 0 spiro atoms. The van der Waals surface area contributed by atoms with Crippen LogP contribution in [0, 0.1) is 6.92 Å². The third-order valence-electron chi connectivity index (χ3n) is 5.48. The van der Waals surface area contributed by atoms with Crippen LogP contribution in [-0.2, 0) is 4.74 Å². The molecule has 4 rings (SSSR count). The van der Waals surface area contributed by atoms with Gasteiger partial charge >= 0.3 is 0 Å². The fourth-order valence-corrected chi connectivity index (χ4v) is 4.12. The number of halogens is 1. The highest BCUT2D eigenvalue weighted by Crippen LogP contribution is 2.27. The Hall–Kier alpha value is -2.74. The molecule has 0 unspecified atom stereocenters. The van der Waals surface area contributed by atoms with Gasteiger partial charge in [-0.25, -0.2) is 9.97 Å². The van der Waals surface area contributed by atoms with Crippen LogP contribution in [-0.4, -0.2) is 45.5 Å². The average Bonchev–Trinajstić information content (AvgIpc) is 2.77. The normalized spacial score (nSPS) is 15.6. The standard InChI is InChI=1S/C23H25ClN4O3/c1-15-2-3-18(19(24)12-15)21(14-29)28-9-5-16(13-22(28)30)20-4-8-25-23(27-20)26-17-6-10-31-11-7-17/h2-5,8-9,12-13,17,21,29H,6-7,10-11,14H2,1H3,(H,25,26,27)/t21-/m1/s1. The van der Waals surface area contributed by atoms with Crippen molar-refractivity contribution in [1.82, 2.24) is 14.5 Å². The van der Waals surface area contributed by atoms with Crippen LogP contribution < -0.4 is 10.9 Å². The Kier molecular flexibility index (Phi) is 6.65. The third-order valence-corrected chi connectivity index (χ3v) is 5.81. The number of aliphatic hydroxyl groups is 1. The Bertz CT molecular complexity index is 1110. The molecule has 1 aliphatic heterocycles. The predicted octanol–water partition coefficient (Wildman–Crippen LogP) is 3.44. The van der Waals surface area contributed by atoms with Crippen molar-refractivity contribution in [2.24, 2.45) is 0 Å². The first kappa shape index (κ1) is 21.5. The van der Waals surface area contributed by atoms with E-state index in [1.54, 1.807) is 18.5 Å². The number of pyridine rings is 1. The Balaban J connectivity index is 1.60. The minimum atomic E-state index is -0.564. The molecule has 3 heterocycles. The Morgan fingerprint density at radius 3 is 2.77 bits per heavy atom. The van der Waals surface area contributed by atoms with Crippen molar-refractivity contribution in [1.29, 1.82) is 0 Å². The van der Waals surface area contributed by atoms with E-state index in [-0.39, 0.29) is 18.2 Å². The number of hydrogen-bond acceptors (Lipinski definition) is 6. The molecule has 1 aromatic carbocycles. The van der Waals surface area contributed by atoms with Crippen molar-refractivity contribution in [3.8, 4) is 11.3 Å². The zero-order chi connectivity index (χ0) is 21.8. The molecule has 8 heteroatoms. The average molecular weight is 441 g/mol. The predicted molar refractivity (Wildman–Crippen MR) is 121 cm³/mol. The summed E-state index contributed by atoms with van der Waals surface area (Å²) in [4.78, 5) is 21.8. The molecule has 7 nitrogen and oxygen atoms in total. The van der Waals surface area contributed by atoms with Gasteiger partial charge in [0, 0.05) is 48.3 Å². The largest absolute Gasteiger partial charge is 0.394 e. The first-order chi connectivity index (χ1) is 15.0. The molecule has 0 radical (unpaired) electrons. The summed E-state index contributed by atoms with van der Waals surface area (Å²) in [6.07, 6.45) is 5.17. The van der Waals surface area contributed by atoms with Crippen molar-refractivity contribution < 1.29 is 9.84 Å². The van der Waals surface area contributed by atoms with Gasteiger partial charge in [0.15, 0.2) is 0 Å². The van der Waals surface area contributed by atoms with Crippen LogP contribution in [0.4, 0.5) is 5.95 Å². The van der Waals surface area contributed by atoms with E-state index in [9.17, 15) is 9.90 Å².